The first kappa shape index (κ1) is 28.2. The predicted octanol–water partition coefficient (Wildman–Crippen LogP) is 6.88. The Hall–Kier alpha value is -2.97. The molecule has 9 heteroatoms. The summed E-state index contributed by atoms with van der Waals surface area (Å²) < 4.78 is 69.3. The van der Waals surface area contributed by atoms with Crippen molar-refractivity contribution >= 4 is 11.9 Å². The fraction of sp³-hybridized carbons (Fsp3) is 0.562. The highest BCUT2D eigenvalue weighted by Crippen LogP contribution is 2.59. The van der Waals surface area contributed by atoms with E-state index < -0.39 is 39.6 Å². The van der Waals surface area contributed by atoms with Gasteiger partial charge in [0, 0.05) is 23.9 Å². The monoisotopic (exact) mass is 575 g/mol. The van der Waals surface area contributed by atoms with Crippen molar-refractivity contribution in [2.75, 3.05) is 13.1 Å². The van der Waals surface area contributed by atoms with Crippen LogP contribution in [0.2, 0.25) is 0 Å². The molecule has 2 bridgehead atoms. The number of carboxylic acid groups (broad SMARTS) is 1. The average Bonchev–Trinajstić information content (AvgIpc) is 3.33. The normalized spacial score (nSPS) is 32.2. The minimum absolute atomic E-state index is 0.0240. The number of carbonyl (C=O) groups excluding carboxylic acids is 1. The van der Waals surface area contributed by atoms with E-state index in [1.807, 2.05) is 4.90 Å². The molecule has 1 aliphatic heterocycles. The second kappa shape index (κ2) is 9.27. The number of nitrogens with zero attached hydrogens (tertiary/aromatic N) is 1. The molecule has 7 rings (SSSR count). The third-order valence-electron chi connectivity index (χ3n) is 11.0. The number of benzene rings is 2. The molecule has 4 nitrogen and oxygen atoms in total. The van der Waals surface area contributed by atoms with Crippen LogP contribution >= 0.6 is 0 Å². The van der Waals surface area contributed by atoms with Gasteiger partial charge in [0.15, 0.2) is 0 Å². The van der Waals surface area contributed by atoms with Gasteiger partial charge in [-0.25, -0.2) is 8.78 Å². The molecule has 1 amide bonds. The van der Waals surface area contributed by atoms with Crippen LogP contribution in [0.5, 0.6) is 0 Å². The average molecular weight is 576 g/mol. The standard InChI is InChI=1S/C32H34F5NO3/c1-28(34,32(35,36)37)22-6-9-25-21(16-22)4-5-23-18-38(19-31(23,25)17-20-2-7-24(33)8-3-20)26(39)29-10-13-30(14-11-29,15-12-29)27(40)41/h2-3,6-9,16,23H,4-5,10-15,17-19H2,1H3,(H,40,41). The highest BCUT2D eigenvalue weighted by atomic mass is 19.4. The van der Waals surface area contributed by atoms with Crippen LogP contribution in [0.3, 0.4) is 0 Å². The largest absolute Gasteiger partial charge is 0.481 e. The Morgan fingerprint density at radius 3 is 2.15 bits per heavy atom. The molecule has 3 unspecified atom stereocenters. The maximum absolute atomic E-state index is 14.9. The molecule has 0 radical (unpaired) electrons. The summed E-state index contributed by atoms with van der Waals surface area (Å²) >= 11 is 0. The molecule has 5 aliphatic rings. The molecule has 1 saturated heterocycles. The van der Waals surface area contributed by atoms with Crippen LogP contribution in [-0.4, -0.2) is 41.1 Å². The molecule has 4 aliphatic carbocycles. The van der Waals surface area contributed by atoms with Crippen molar-refractivity contribution in [3.05, 3.63) is 70.5 Å². The Morgan fingerprint density at radius 2 is 1.56 bits per heavy atom. The van der Waals surface area contributed by atoms with Gasteiger partial charge in [-0.2, -0.15) is 13.2 Å². The van der Waals surface area contributed by atoms with Gasteiger partial charge >= 0.3 is 12.1 Å². The number of halogens is 5. The lowest BCUT2D eigenvalue weighted by atomic mass is 9.53. The molecule has 0 aromatic heterocycles. The number of hydrogen-bond donors (Lipinski definition) is 1. The molecule has 2 aromatic carbocycles. The second-order valence-corrected chi connectivity index (χ2v) is 13.1. The summed E-state index contributed by atoms with van der Waals surface area (Å²) in [7, 11) is 0. The summed E-state index contributed by atoms with van der Waals surface area (Å²) in [4.78, 5) is 28.0. The van der Waals surface area contributed by atoms with Crippen molar-refractivity contribution in [3.63, 3.8) is 0 Å². The number of fused-ring (bicyclic) bond motifs is 6. The molecule has 1 heterocycles. The Kier molecular flexibility index (Phi) is 6.36. The van der Waals surface area contributed by atoms with E-state index in [1.165, 1.54) is 24.3 Å². The Bertz CT molecular complexity index is 1360. The van der Waals surface area contributed by atoms with Crippen LogP contribution in [0.25, 0.3) is 0 Å². The van der Waals surface area contributed by atoms with Gasteiger partial charge in [0.25, 0.3) is 0 Å². The van der Waals surface area contributed by atoms with Gasteiger partial charge < -0.3 is 10.0 Å². The van der Waals surface area contributed by atoms with Crippen molar-refractivity contribution in [2.45, 2.75) is 82.0 Å². The van der Waals surface area contributed by atoms with Gasteiger partial charge in [-0.1, -0.05) is 30.3 Å². The number of hydrogen-bond acceptors (Lipinski definition) is 2. The zero-order valence-corrected chi connectivity index (χ0v) is 23.0. The lowest BCUT2D eigenvalue weighted by Crippen LogP contribution is -2.53. The lowest BCUT2D eigenvalue weighted by molar-refractivity contribution is -0.228. The highest BCUT2D eigenvalue weighted by Gasteiger charge is 2.60. The van der Waals surface area contributed by atoms with E-state index in [-0.39, 0.29) is 17.6 Å². The van der Waals surface area contributed by atoms with E-state index in [9.17, 15) is 36.6 Å². The molecule has 41 heavy (non-hydrogen) atoms. The summed E-state index contributed by atoms with van der Waals surface area (Å²) in [6.07, 6.45) is -0.415. The van der Waals surface area contributed by atoms with Crippen molar-refractivity contribution in [3.8, 4) is 0 Å². The Morgan fingerprint density at radius 1 is 0.951 bits per heavy atom. The van der Waals surface area contributed by atoms with Crippen molar-refractivity contribution in [2.24, 2.45) is 16.7 Å². The first-order valence-corrected chi connectivity index (χ1v) is 14.4. The Labute approximate surface area is 235 Å². The summed E-state index contributed by atoms with van der Waals surface area (Å²) in [5.74, 6) is -1.10. The molecule has 4 fully saturated rings. The van der Waals surface area contributed by atoms with Gasteiger partial charge in [-0.05, 0) is 105 Å². The number of aryl methyl sites for hydroxylation is 1. The quantitative estimate of drug-likeness (QED) is 0.396. The maximum atomic E-state index is 14.9. The minimum atomic E-state index is -5.06. The third-order valence-corrected chi connectivity index (χ3v) is 11.0. The van der Waals surface area contributed by atoms with Crippen LogP contribution in [0, 0.1) is 22.6 Å². The summed E-state index contributed by atoms with van der Waals surface area (Å²) in [5, 5.41) is 9.78. The summed E-state index contributed by atoms with van der Waals surface area (Å²) in [6.45, 7) is 1.39. The Balaban J connectivity index is 1.36. The minimum Gasteiger partial charge on any atom is -0.481 e. The first-order chi connectivity index (χ1) is 19.2. The van der Waals surface area contributed by atoms with Crippen LogP contribution in [0.15, 0.2) is 42.5 Å². The van der Waals surface area contributed by atoms with Gasteiger partial charge in [-0.3, -0.25) is 9.59 Å². The molecule has 3 atom stereocenters. The van der Waals surface area contributed by atoms with E-state index >= 15 is 0 Å². The molecular formula is C32H34F5NO3. The van der Waals surface area contributed by atoms with E-state index in [2.05, 4.69) is 0 Å². The van der Waals surface area contributed by atoms with Crippen molar-refractivity contribution in [1.82, 2.24) is 4.90 Å². The number of amides is 1. The fourth-order valence-corrected chi connectivity index (χ4v) is 8.30. The number of carboxylic acids is 1. The number of alkyl halides is 4. The van der Waals surface area contributed by atoms with Crippen LogP contribution < -0.4 is 0 Å². The van der Waals surface area contributed by atoms with Crippen LogP contribution in [0.4, 0.5) is 22.0 Å². The van der Waals surface area contributed by atoms with E-state index in [0.717, 1.165) is 11.1 Å². The number of rotatable bonds is 5. The SMILES string of the molecule is CC(F)(c1ccc2c(c1)CCC1CN(C(=O)C34CCC(C(=O)O)(CC3)CC4)CC21Cc1ccc(F)cc1)C(F)(F)F. The third kappa shape index (κ3) is 4.28. The fourth-order valence-electron chi connectivity index (χ4n) is 8.30. The van der Waals surface area contributed by atoms with Gasteiger partial charge in [0.05, 0.1) is 5.41 Å². The molecule has 220 valence electrons. The number of aliphatic carboxylic acids is 1. The highest BCUT2D eigenvalue weighted by molar-refractivity contribution is 5.85. The second-order valence-electron chi connectivity index (χ2n) is 13.1. The predicted molar refractivity (Wildman–Crippen MR) is 141 cm³/mol. The van der Waals surface area contributed by atoms with Crippen molar-refractivity contribution < 1.29 is 36.6 Å². The van der Waals surface area contributed by atoms with E-state index in [1.54, 1.807) is 18.2 Å². The lowest BCUT2D eigenvalue weighted by Gasteiger charge is -2.51. The molecular weight excluding hydrogens is 541 g/mol. The van der Waals surface area contributed by atoms with Gasteiger partial charge in [0.1, 0.15) is 5.82 Å². The molecule has 0 spiro atoms. The zero-order valence-electron chi connectivity index (χ0n) is 23.0. The topological polar surface area (TPSA) is 57.6 Å². The molecule has 2 aromatic rings. The van der Waals surface area contributed by atoms with Gasteiger partial charge in [0.2, 0.25) is 11.6 Å². The first-order valence-electron chi connectivity index (χ1n) is 14.4. The molecule has 1 N–H and O–H groups in total. The zero-order chi connectivity index (χ0) is 29.4. The smallest absolute Gasteiger partial charge is 0.426 e. The number of carbonyl (C=O) groups is 2. The van der Waals surface area contributed by atoms with Crippen molar-refractivity contribution in [1.29, 1.82) is 0 Å². The maximum Gasteiger partial charge on any atom is 0.426 e. The van der Waals surface area contributed by atoms with Crippen LogP contribution in [-0.2, 0) is 33.5 Å². The number of likely N-dealkylation sites (tertiary alicyclic amines) is 1. The summed E-state index contributed by atoms with van der Waals surface area (Å²) in [6, 6.07) is 10.3. The summed E-state index contributed by atoms with van der Waals surface area (Å²) in [5.41, 5.74) is -3.53. The van der Waals surface area contributed by atoms with Gasteiger partial charge in [-0.15, -0.1) is 0 Å². The van der Waals surface area contributed by atoms with E-state index in [0.29, 0.717) is 83.4 Å². The van der Waals surface area contributed by atoms with Crippen LogP contribution in [0.1, 0.15) is 74.1 Å². The molecule has 3 saturated carbocycles. The van der Waals surface area contributed by atoms with E-state index in [4.69, 9.17) is 0 Å².